The van der Waals surface area contributed by atoms with E-state index in [2.05, 4.69) is 5.32 Å². The van der Waals surface area contributed by atoms with Gasteiger partial charge in [-0.15, -0.1) is 0 Å². The first-order valence-corrected chi connectivity index (χ1v) is 5.48. The summed E-state index contributed by atoms with van der Waals surface area (Å²) in [4.78, 5) is 0. The highest BCUT2D eigenvalue weighted by Gasteiger charge is 2.19. The van der Waals surface area contributed by atoms with Gasteiger partial charge in [-0.1, -0.05) is 11.6 Å². The Hall–Kier alpha value is -0.770. The van der Waals surface area contributed by atoms with Crippen molar-refractivity contribution in [2.24, 2.45) is 0 Å². The molecule has 1 atom stereocenters. The largest absolute Gasteiger partial charge is 0.496 e. The Morgan fingerprint density at radius 2 is 1.94 bits per heavy atom. The van der Waals surface area contributed by atoms with Crippen LogP contribution in [0.4, 0.5) is 0 Å². The van der Waals surface area contributed by atoms with Crippen LogP contribution in [0, 0.1) is 13.8 Å². The maximum Gasteiger partial charge on any atom is 0.137 e. The SMILES string of the molecule is CNC(OC)c1c(OC)cc(C)c(Cl)c1C. The molecule has 4 heteroatoms. The van der Waals surface area contributed by atoms with Crippen molar-refractivity contribution in [3.8, 4) is 5.75 Å². The van der Waals surface area contributed by atoms with Crippen LogP contribution in [-0.2, 0) is 4.74 Å². The van der Waals surface area contributed by atoms with Gasteiger partial charge in [0, 0.05) is 17.7 Å². The van der Waals surface area contributed by atoms with Crippen molar-refractivity contribution in [1.82, 2.24) is 5.32 Å². The number of benzene rings is 1. The number of nitrogens with one attached hydrogen (secondary N) is 1. The minimum Gasteiger partial charge on any atom is -0.496 e. The summed E-state index contributed by atoms with van der Waals surface area (Å²) < 4.78 is 10.7. The van der Waals surface area contributed by atoms with E-state index in [1.165, 1.54) is 0 Å². The molecular formula is C12H18ClNO2. The standard InChI is InChI=1S/C12H18ClNO2/c1-7-6-9(15-4)10(8(2)11(7)13)12(14-3)16-5/h6,12,14H,1-5H3. The lowest BCUT2D eigenvalue weighted by atomic mass is 10.0. The first-order valence-electron chi connectivity index (χ1n) is 5.10. The van der Waals surface area contributed by atoms with Gasteiger partial charge in [-0.2, -0.15) is 0 Å². The second kappa shape index (κ2) is 5.53. The molecule has 0 spiro atoms. The Morgan fingerprint density at radius 3 is 2.38 bits per heavy atom. The summed E-state index contributed by atoms with van der Waals surface area (Å²) in [5.41, 5.74) is 2.94. The highest BCUT2D eigenvalue weighted by atomic mass is 35.5. The second-order valence-corrected chi connectivity index (χ2v) is 4.03. The van der Waals surface area contributed by atoms with Gasteiger partial charge < -0.3 is 9.47 Å². The minimum atomic E-state index is -0.215. The summed E-state index contributed by atoms with van der Waals surface area (Å²) in [6.07, 6.45) is -0.215. The van der Waals surface area contributed by atoms with Gasteiger partial charge in [-0.25, -0.2) is 0 Å². The van der Waals surface area contributed by atoms with E-state index in [-0.39, 0.29) is 6.23 Å². The molecule has 0 bridgehead atoms. The molecule has 0 fully saturated rings. The van der Waals surface area contributed by atoms with Crippen molar-refractivity contribution < 1.29 is 9.47 Å². The summed E-state index contributed by atoms with van der Waals surface area (Å²) in [5.74, 6) is 0.792. The predicted octanol–water partition coefficient (Wildman–Crippen LogP) is 2.83. The lowest BCUT2D eigenvalue weighted by Gasteiger charge is -2.21. The molecule has 1 rings (SSSR count). The molecule has 1 unspecified atom stereocenters. The molecule has 0 aromatic heterocycles. The van der Waals surface area contributed by atoms with Gasteiger partial charge in [-0.3, -0.25) is 5.32 Å². The van der Waals surface area contributed by atoms with Crippen molar-refractivity contribution in [3.63, 3.8) is 0 Å². The van der Waals surface area contributed by atoms with Crippen molar-refractivity contribution in [2.75, 3.05) is 21.3 Å². The number of aryl methyl sites for hydroxylation is 1. The molecule has 16 heavy (non-hydrogen) atoms. The Labute approximate surface area is 102 Å². The van der Waals surface area contributed by atoms with Gasteiger partial charge in [0.25, 0.3) is 0 Å². The number of hydrogen-bond donors (Lipinski definition) is 1. The molecule has 1 N–H and O–H groups in total. The Balaban J connectivity index is 3.40. The molecule has 0 radical (unpaired) electrons. The van der Waals surface area contributed by atoms with Crippen LogP contribution in [0.5, 0.6) is 5.75 Å². The van der Waals surface area contributed by atoms with E-state index < -0.39 is 0 Å². The van der Waals surface area contributed by atoms with E-state index in [1.807, 2.05) is 27.0 Å². The predicted molar refractivity (Wildman–Crippen MR) is 66.3 cm³/mol. The van der Waals surface area contributed by atoms with E-state index in [1.54, 1.807) is 14.2 Å². The normalized spacial score (nSPS) is 12.6. The van der Waals surface area contributed by atoms with E-state index in [4.69, 9.17) is 21.1 Å². The summed E-state index contributed by atoms with van der Waals surface area (Å²) in [7, 11) is 5.13. The van der Waals surface area contributed by atoms with E-state index in [0.29, 0.717) is 0 Å². The topological polar surface area (TPSA) is 30.5 Å². The zero-order valence-electron chi connectivity index (χ0n) is 10.3. The molecule has 1 aromatic rings. The van der Waals surface area contributed by atoms with Crippen molar-refractivity contribution in [3.05, 3.63) is 27.8 Å². The minimum absolute atomic E-state index is 0.215. The van der Waals surface area contributed by atoms with Gasteiger partial charge >= 0.3 is 0 Å². The molecule has 0 saturated heterocycles. The van der Waals surface area contributed by atoms with Gasteiger partial charge in [0.1, 0.15) is 12.0 Å². The molecule has 0 aliphatic carbocycles. The third kappa shape index (κ3) is 2.32. The third-order valence-electron chi connectivity index (χ3n) is 2.67. The first-order chi connectivity index (χ1) is 7.56. The second-order valence-electron chi connectivity index (χ2n) is 3.65. The Morgan fingerprint density at radius 1 is 1.31 bits per heavy atom. The molecule has 90 valence electrons. The zero-order chi connectivity index (χ0) is 12.3. The average Bonchev–Trinajstić information content (AvgIpc) is 2.29. The van der Waals surface area contributed by atoms with Crippen LogP contribution < -0.4 is 10.1 Å². The van der Waals surface area contributed by atoms with Crippen LogP contribution >= 0.6 is 11.6 Å². The zero-order valence-corrected chi connectivity index (χ0v) is 11.1. The molecule has 0 aliphatic rings. The molecule has 0 saturated carbocycles. The summed E-state index contributed by atoms with van der Waals surface area (Å²) in [6.45, 7) is 3.93. The van der Waals surface area contributed by atoms with Crippen LogP contribution in [0.2, 0.25) is 5.02 Å². The molecule has 3 nitrogen and oxygen atoms in total. The summed E-state index contributed by atoms with van der Waals surface area (Å²) in [6, 6.07) is 1.92. The van der Waals surface area contributed by atoms with Gasteiger partial charge in [0.15, 0.2) is 0 Å². The smallest absolute Gasteiger partial charge is 0.137 e. The average molecular weight is 244 g/mol. The summed E-state index contributed by atoms with van der Waals surface area (Å²) in [5, 5.41) is 3.83. The highest BCUT2D eigenvalue weighted by molar-refractivity contribution is 6.32. The number of halogens is 1. The number of ether oxygens (including phenoxy) is 2. The van der Waals surface area contributed by atoms with Gasteiger partial charge in [0.2, 0.25) is 0 Å². The fourth-order valence-corrected chi connectivity index (χ4v) is 1.97. The number of rotatable bonds is 4. The first kappa shape index (κ1) is 13.3. The molecule has 0 heterocycles. The third-order valence-corrected chi connectivity index (χ3v) is 3.25. The number of methoxy groups -OCH3 is 2. The van der Waals surface area contributed by atoms with Crippen LogP contribution in [0.25, 0.3) is 0 Å². The van der Waals surface area contributed by atoms with Crippen LogP contribution in [0.15, 0.2) is 6.07 Å². The highest BCUT2D eigenvalue weighted by Crippen LogP contribution is 2.35. The van der Waals surface area contributed by atoms with Gasteiger partial charge in [-0.05, 0) is 38.1 Å². The maximum atomic E-state index is 6.23. The molecular weight excluding hydrogens is 226 g/mol. The molecule has 1 aromatic carbocycles. The fourth-order valence-electron chi connectivity index (χ4n) is 1.81. The van der Waals surface area contributed by atoms with Crippen LogP contribution in [-0.4, -0.2) is 21.3 Å². The van der Waals surface area contributed by atoms with E-state index in [9.17, 15) is 0 Å². The van der Waals surface area contributed by atoms with Gasteiger partial charge in [0.05, 0.1) is 7.11 Å². The van der Waals surface area contributed by atoms with E-state index in [0.717, 1.165) is 27.5 Å². The van der Waals surface area contributed by atoms with Crippen LogP contribution in [0.1, 0.15) is 22.9 Å². The fraction of sp³-hybridized carbons (Fsp3) is 0.500. The van der Waals surface area contributed by atoms with Crippen molar-refractivity contribution in [2.45, 2.75) is 20.1 Å². The Kier molecular flexibility index (Phi) is 4.59. The Bertz CT molecular complexity index is 376. The molecule has 0 amide bonds. The summed E-state index contributed by atoms with van der Waals surface area (Å²) >= 11 is 6.23. The van der Waals surface area contributed by atoms with E-state index >= 15 is 0 Å². The van der Waals surface area contributed by atoms with Crippen molar-refractivity contribution >= 4 is 11.6 Å². The quantitative estimate of drug-likeness (QED) is 0.825. The lowest BCUT2D eigenvalue weighted by molar-refractivity contribution is 0.0781. The molecule has 0 aliphatic heterocycles. The number of hydrogen-bond acceptors (Lipinski definition) is 3. The van der Waals surface area contributed by atoms with Crippen molar-refractivity contribution in [1.29, 1.82) is 0 Å². The monoisotopic (exact) mass is 243 g/mol. The lowest BCUT2D eigenvalue weighted by Crippen LogP contribution is -2.20. The maximum absolute atomic E-state index is 6.23. The van der Waals surface area contributed by atoms with Crippen LogP contribution in [0.3, 0.4) is 0 Å².